The average Bonchev–Trinajstić information content (AvgIpc) is 2.82. The molecule has 7 heteroatoms. The number of aromatic nitrogens is 2. The minimum Gasteiger partial charge on any atom is -0.478 e. The van der Waals surface area contributed by atoms with E-state index in [1.54, 1.807) is 10.9 Å². The fourth-order valence-corrected chi connectivity index (χ4v) is 1.65. The van der Waals surface area contributed by atoms with Crippen LogP contribution >= 0.6 is 0 Å². The van der Waals surface area contributed by atoms with Crippen LogP contribution in [0.3, 0.4) is 0 Å². The van der Waals surface area contributed by atoms with Gasteiger partial charge in [-0.2, -0.15) is 5.10 Å². The van der Waals surface area contributed by atoms with Crippen LogP contribution in [0.1, 0.15) is 30.2 Å². The van der Waals surface area contributed by atoms with Crippen LogP contribution in [0.5, 0.6) is 0 Å². The first-order valence-corrected chi connectivity index (χ1v) is 5.92. The minimum absolute atomic E-state index is 0.120. The summed E-state index contributed by atoms with van der Waals surface area (Å²) < 4.78 is 29.1. The summed E-state index contributed by atoms with van der Waals surface area (Å²) in [5, 5.41) is 15.3. The van der Waals surface area contributed by atoms with Gasteiger partial charge in [0.05, 0.1) is 17.4 Å². The van der Waals surface area contributed by atoms with Crippen molar-refractivity contribution < 1.29 is 18.7 Å². The maximum Gasteiger partial charge on any atom is 0.335 e. The van der Waals surface area contributed by atoms with Gasteiger partial charge in [-0.1, -0.05) is 0 Å². The van der Waals surface area contributed by atoms with Gasteiger partial charge < -0.3 is 10.4 Å². The number of rotatable bonds is 4. The minimum atomic E-state index is -1.39. The molecule has 0 aliphatic heterocycles. The highest BCUT2D eigenvalue weighted by Gasteiger charge is 2.15. The second-order valence-electron chi connectivity index (χ2n) is 4.55. The molecule has 0 aliphatic rings. The zero-order valence-corrected chi connectivity index (χ0v) is 10.9. The van der Waals surface area contributed by atoms with Gasteiger partial charge in [-0.25, -0.2) is 13.6 Å². The number of carbonyl (C=O) groups is 1. The summed E-state index contributed by atoms with van der Waals surface area (Å²) in [7, 11) is 0. The van der Waals surface area contributed by atoms with Gasteiger partial charge in [-0.15, -0.1) is 0 Å². The van der Waals surface area contributed by atoms with Crippen LogP contribution in [0.25, 0.3) is 0 Å². The number of benzene rings is 1. The molecule has 20 heavy (non-hydrogen) atoms. The topological polar surface area (TPSA) is 67.2 Å². The predicted octanol–water partition coefficient (Wildman–Crippen LogP) is 3.18. The second kappa shape index (κ2) is 5.28. The number of halogens is 2. The highest BCUT2D eigenvalue weighted by molar-refractivity contribution is 5.88. The molecule has 5 nitrogen and oxygen atoms in total. The van der Waals surface area contributed by atoms with Gasteiger partial charge in [0, 0.05) is 12.2 Å². The van der Waals surface area contributed by atoms with E-state index in [4.69, 9.17) is 5.11 Å². The van der Waals surface area contributed by atoms with E-state index in [2.05, 4.69) is 10.4 Å². The Labute approximate surface area is 113 Å². The molecule has 1 aromatic carbocycles. The van der Waals surface area contributed by atoms with Crippen molar-refractivity contribution in [1.82, 2.24) is 9.78 Å². The number of anilines is 2. The van der Waals surface area contributed by atoms with E-state index in [9.17, 15) is 13.6 Å². The predicted molar refractivity (Wildman–Crippen MR) is 69.2 cm³/mol. The number of hydrogen-bond acceptors (Lipinski definition) is 3. The Morgan fingerprint density at radius 1 is 1.35 bits per heavy atom. The Hall–Kier alpha value is -2.44. The van der Waals surface area contributed by atoms with Crippen molar-refractivity contribution >= 4 is 17.3 Å². The van der Waals surface area contributed by atoms with E-state index < -0.39 is 28.9 Å². The number of nitrogens with zero attached hydrogens (tertiary/aromatic N) is 2. The molecule has 0 bridgehead atoms. The molecule has 0 saturated heterocycles. The molecule has 106 valence electrons. The Kier molecular flexibility index (Phi) is 3.69. The third kappa shape index (κ3) is 2.76. The summed E-state index contributed by atoms with van der Waals surface area (Å²) in [6.07, 6.45) is 3.04. The number of hydrogen-bond donors (Lipinski definition) is 2. The number of nitrogens with one attached hydrogen (secondary N) is 1. The zero-order valence-electron chi connectivity index (χ0n) is 10.9. The number of carboxylic acid groups (broad SMARTS) is 1. The van der Waals surface area contributed by atoms with Crippen molar-refractivity contribution in [2.75, 3.05) is 5.32 Å². The Morgan fingerprint density at radius 2 is 1.95 bits per heavy atom. The lowest BCUT2D eigenvalue weighted by Gasteiger charge is -2.08. The van der Waals surface area contributed by atoms with Crippen LogP contribution in [0.2, 0.25) is 0 Å². The molecule has 0 unspecified atom stereocenters. The average molecular weight is 281 g/mol. The Bertz CT molecular complexity index is 630. The summed E-state index contributed by atoms with van der Waals surface area (Å²) in [6, 6.07) is 1.65. The van der Waals surface area contributed by atoms with Crippen molar-refractivity contribution in [2.45, 2.75) is 19.9 Å². The molecule has 1 aromatic heterocycles. The van der Waals surface area contributed by atoms with Gasteiger partial charge in [0.25, 0.3) is 0 Å². The number of carboxylic acids is 1. The van der Waals surface area contributed by atoms with E-state index >= 15 is 0 Å². The lowest BCUT2D eigenvalue weighted by atomic mass is 10.2. The summed E-state index contributed by atoms with van der Waals surface area (Å²) >= 11 is 0. The summed E-state index contributed by atoms with van der Waals surface area (Å²) in [5.41, 5.74) is -0.429. The van der Waals surface area contributed by atoms with E-state index in [-0.39, 0.29) is 6.04 Å². The van der Waals surface area contributed by atoms with Crippen molar-refractivity contribution in [3.63, 3.8) is 0 Å². The van der Waals surface area contributed by atoms with Gasteiger partial charge in [0.1, 0.15) is 5.69 Å². The summed E-state index contributed by atoms with van der Waals surface area (Å²) in [6.45, 7) is 3.83. The highest BCUT2D eigenvalue weighted by atomic mass is 19.1. The normalized spacial score (nSPS) is 10.8. The maximum absolute atomic E-state index is 13.7. The molecule has 0 saturated carbocycles. The molecule has 2 rings (SSSR count). The standard InChI is InChI=1S/C13H13F2N3O2/c1-7(2)18-6-9(5-16-18)17-12-10(14)3-8(13(19)20)4-11(12)15/h3-7,17H,1-2H3,(H,19,20). The SMILES string of the molecule is CC(C)n1cc(Nc2c(F)cc(C(=O)O)cc2F)cn1. The second-order valence-corrected chi connectivity index (χ2v) is 4.55. The van der Waals surface area contributed by atoms with Gasteiger partial charge in [0.2, 0.25) is 0 Å². The summed E-state index contributed by atoms with van der Waals surface area (Å²) in [5.74, 6) is -3.33. The largest absolute Gasteiger partial charge is 0.478 e. The lowest BCUT2D eigenvalue weighted by molar-refractivity contribution is 0.0696. The molecule has 2 N–H and O–H groups in total. The first kappa shape index (κ1) is 14.0. The quantitative estimate of drug-likeness (QED) is 0.903. The Morgan fingerprint density at radius 3 is 2.40 bits per heavy atom. The zero-order chi connectivity index (χ0) is 14.9. The smallest absolute Gasteiger partial charge is 0.335 e. The third-order valence-electron chi connectivity index (χ3n) is 2.69. The van der Waals surface area contributed by atoms with Crippen molar-refractivity contribution in [3.8, 4) is 0 Å². The van der Waals surface area contributed by atoms with Crippen molar-refractivity contribution in [1.29, 1.82) is 0 Å². The molecule has 0 fully saturated rings. The molecule has 0 amide bonds. The maximum atomic E-state index is 13.7. The monoisotopic (exact) mass is 281 g/mol. The molecular weight excluding hydrogens is 268 g/mol. The van der Waals surface area contributed by atoms with Crippen molar-refractivity contribution in [3.05, 3.63) is 41.7 Å². The van der Waals surface area contributed by atoms with Crippen LogP contribution in [-0.2, 0) is 0 Å². The lowest BCUT2D eigenvalue weighted by Crippen LogP contribution is -2.03. The van der Waals surface area contributed by atoms with Gasteiger partial charge in [0.15, 0.2) is 11.6 Å². The summed E-state index contributed by atoms with van der Waals surface area (Å²) in [4.78, 5) is 10.7. The van der Waals surface area contributed by atoms with Gasteiger partial charge >= 0.3 is 5.97 Å². The van der Waals surface area contributed by atoms with Crippen LogP contribution in [0.4, 0.5) is 20.2 Å². The van der Waals surface area contributed by atoms with Gasteiger partial charge in [-0.05, 0) is 26.0 Å². The molecule has 0 atom stereocenters. The number of aromatic carboxylic acids is 1. The van der Waals surface area contributed by atoms with E-state index in [0.717, 1.165) is 12.1 Å². The van der Waals surface area contributed by atoms with Crippen molar-refractivity contribution in [2.24, 2.45) is 0 Å². The van der Waals surface area contributed by atoms with Crippen LogP contribution in [0, 0.1) is 11.6 Å². The molecule has 0 radical (unpaired) electrons. The van der Waals surface area contributed by atoms with Gasteiger partial charge in [-0.3, -0.25) is 4.68 Å². The molecule has 2 aromatic rings. The molecule has 1 heterocycles. The van der Waals surface area contributed by atoms with E-state index in [0.29, 0.717) is 5.69 Å². The first-order chi connectivity index (χ1) is 9.38. The van der Waals surface area contributed by atoms with Crippen LogP contribution in [-0.4, -0.2) is 20.9 Å². The highest BCUT2D eigenvalue weighted by Crippen LogP contribution is 2.25. The third-order valence-corrected chi connectivity index (χ3v) is 2.69. The van der Waals surface area contributed by atoms with Crippen LogP contribution < -0.4 is 5.32 Å². The first-order valence-electron chi connectivity index (χ1n) is 5.92. The Balaban J connectivity index is 2.31. The van der Waals surface area contributed by atoms with E-state index in [1.165, 1.54) is 6.20 Å². The van der Waals surface area contributed by atoms with E-state index in [1.807, 2.05) is 13.8 Å². The fourth-order valence-electron chi connectivity index (χ4n) is 1.65. The molecular formula is C13H13F2N3O2. The fraction of sp³-hybridized carbons (Fsp3) is 0.231. The molecule has 0 spiro atoms. The molecule has 0 aliphatic carbocycles. The van der Waals surface area contributed by atoms with Crippen LogP contribution in [0.15, 0.2) is 24.5 Å².